The van der Waals surface area contributed by atoms with Crippen molar-refractivity contribution >= 4 is 86.8 Å². The Labute approximate surface area is 383 Å². The molecule has 19 heteroatoms. The SMILES string of the molecule is O=C1CCC(N2C(=O)c3cc(F)c(N4CCC(CCN5CCN(c6ccc(Nc7ncnc8c7ncn8C7CC(NC(=O)c8c(Cl)cccc8Cl)C7)cc6)CC5)CC4)cc3C2=O)C(=O)N1. The number of amides is 5. The van der Waals surface area contributed by atoms with Gasteiger partial charge in [-0.1, -0.05) is 29.3 Å². The Morgan fingerprint density at radius 2 is 1.54 bits per heavy atom. The molecule has 5 amide bonds. The van der Waals surface area contributed by atoms with Gasteiger partial charge in [0.25, 0.3) is 17.7 Å². The molecule has 1 unspecified atom stereocenters. The third kappa shape index (κ3) is 8.36. The van der Waals surface area contributed by atoms with E-state index in [2.05, 4.69) is 52.8 Å². The maximum absolute atomic E-state index is 15.5. The normalized spacial score (nSPS) is 21.7. The molecular formula is C46H46Cl2FN11O5. The summed E-state index contributed by atoms with van der Waals surface area (Å²) in [5, 5.41) is 9.29. The van der Waals surface area contributed by atoms with Crippen LogP contribution in [0.1, 0.15) is 82.1 Å². The van der Waals surface area contributed by atoms with Gasteiger partial charge in [0, 0.05) is 69.1 Å². The van der Waals surface area contributed by atoms with Crippen molar-refractivity contribution in [2.45, 2.75) is 63.1 Å². The van der Waals surface area contributed by atoms with Crippen LogP contribution in [0, 0.1) is 11.7 Å². The molecule has 0 spiro atoms. The van der Waals surface area contributed by atoms with E-state index in [1.165, 1.54) is 12.4 Å². The van der Waals surface area contributed by atoms with Crippen LogP contribution in [0.25, 0.3) is 11.2 Å². The Morgan fingerprint density at radius 1 is 0.831 bits per heavy atom. The molecule has 4 aliphatic heterocycles. The molecule has 0 radical (unpaired) electrons. The molecule has 16 nitrogen and oxygen atoms in total. The largest absolute Gasteiger partial charge is 0.369 e. The fourth-order valence-corrected chi connectivity index (χ4v) is 10.4. The van der Waals surface area contributed by atoms with Gasteiger partial charge in [0.05, 0.1) is 38.8 Å². The van der Waals surface area contributed by atoms with E-state index in [0.717, 1.165) is 92.8 Å². The Kier molecular flexibility index (Phi) is 11.6. The molecule has 10 rings (SSSR count). The van der Waals surface area contributed by atoms with Crippen LogP contribution in [0.3, 0.4) is 0 Å². The number of carbonyl (C=O) groups is 5. The van der Waals surface area contributed by atoms with E-state index >= 15 is 4.39 Å². The minimum atomic E-state index is -1.09. The van der Waals surface area contributed by atoms with Crippen LogP contribution in [0.4, 0.5) is 27.3 Å². The van der Waals surface area contributed by atoms with Crippen LogP contribution < -0.4 is 25.8 Å². The summed E-state index contributed by atoms with van der Waals surface area (Å²) in [6.07, 6.45) is 7.64. The second-order valence-corrected chi connectivity index (χ2v) is 18.3. The summed E-state index contributed by atoms with van der Waals surface area (Å²) in [7, 11) is 0. The fraction of sp³-hybridized carbons (Fsp3) is 0.391. The van der Waals surface area contributed by atoms with Gasteiger partial charge >= 0.3 is 0 Å². The van der Waals surface area contributed by atoms with Crippen LogP contribution in [-0.2, 0) is 9.59 Å². The molecule has 336 valence electrons. The van der Waals surface area contributed by atoms with Crippen molar-refractivity contribution in [1.29, 1.82) is 0 Å². The van der Waals surface area contributed by atoms with Gasteiger partial charge in [-0.25, -0.2) is 19.3 Å². The van der Waals surface area contributed by atoms with E-state index in [1.54, 1.807) is 24.5 Å². The number of imide groups is 2. The molecule has 5 aromatic rings. The summed E-state index contributed by atoms with van der Waals surface area (Å²) < 4.78 is 17.5. The summed E-state index contributed by atoms with van der Waals surface area (Å²) in [6.45, 7) is 5.98. The first kappa shape index (κ1) is 42.8. The standard InChI is InChI=1S/C46H46Cl2FN11O5/c47-33-2-1-3-34(48)39(33)44(63)54-28-20-30(21-28)59-25-52-40-41(50-24-51-42(40)59)53-27-4-6-29(7-5-27)57-18-16-56(17-19-57)13-10-26-11-14-58(15-12-26)37-23-32-31(22-35(37)49)45(64)60(46(32)65)36-8-9-38(61)55-43(36)62/h1-7,22-26,28,30,36H,8-21H2,(H,54,63)(H,50,51,53)(H,55,61,62). The molecule has 1 saturated carbocycles. The quantitative estimate of drug-likeness (QED) is 0.132. The second-order valence-electron chi connectivity index (χ2n) is 17.5. The van der Waals surface area contributed by atoms with Gasteiger partial charge in [-0.3, -0.25) is 39.1 Å². The molecule has 0 bridgehead atoms. The number of halogens is 3. The molecule has 1 aliphatic carbocycles. The fourth-order valence-electron chi connectivity index (χ4n) is 9.79. The van der Waals surface area contributed by atoms with Crippen molar-refractivity contribution in [3.05, 3.63) is 99.8 Å². The number of aromatic nitrogens is 4. The van der Waals surface area contributed by atoms with Gasteiger partial charge in [0.15, 0.2) is 17.0 Å². The first-order valence-corrected chi connectivity index (χ1v) is 22.8. The van der Waals surface area contributed by atoms with Crippen molar-refractivity contribution < 1.29 is 28.4 Å². The summed E-state index contributed by atoms with van der Waals surface area (Å²) in [5.41, 5.74) is 4.03. The van der Waals surface area contributed by atoms with Crippen LogP contribution in [0.2, 0.25) is 10.0 Å². The van der Waals surface area contributed by atoms with E-state index in [0.29, 0.717) is 40.4 Å². The number of piperidine rings is 2. The Bertz CT molecular complexity index is 2690. The van der Waals surface area contributed by atoms with Crippen molar-refractivity contribution in [1.82, 2.24) is 40.0 Å². The van der Waals surface area contributed by atoms with Crippen LogP contribution >= 0.6 is 23.2 Å². The number of fused-ring (bicyclic) bond motifs is 2. The summed E-state index contributed by atoms with van der Waals surface area (Å²) in [4.78, 5) is 84.8. The van der Waals surface area contributed by atoms with E-state index < -0.39 is 35.5 Å². The highest BCUT2D eigenvalue weighted by Gasteiger charge is 2.45. The number of hydrogen-bond donors (Lipinski definition) is 3. The lowest BCUT2D eigenvalue weighted by Crippen LogP contribution is -2.54. The predicted octanol–water partition coefficient (Wildman–Crippen LogP) is 5.98. The number of benzene rings is 3. The molecular weight excluding hydrogens is 876 g/mol. The monoisotopic (exact) mass is 921 g/mol. The minimum Gasteiger partial charge on any atom is -0.369 e. The third-order valence-electron chi connectivity index (χ3n) is 13.6. The molecule has 5 aliphatic rings. The maximum atomic E-state index is 15.5. The number of nitrogens with zero attached hydrogens (tertiary/aromatic N) is 8. The van der Waals surface area contributed by atoms with Gasteiger partial charge in [-0.05, 0) is 99.5 Å². The van der Waals surface area contributed by atoms with Gasteiger partial charge in [0.2, 0.25) is 11.8 Å². The molecule has 1 atom stereocenters. The number of nitrogens with one attached hydrogen (secondary N) is 3. The number of piperazine rings is 1. The summed E-state index contributed by atoms with van der Waals surface area (Å²) >= 11 is 12.5. The Morgan fingerprint density at radius 3 is 2.25 bits per heavy atom. The van der Waals surface area contributed by atoms with Crippen LogP contribution in [-0.4, -0.2) is 117 Å². The highest BCUT2D eigenvalue weighted by molar-refractivity contribution is 6.39. The zero-order valence-corrected chi connectivity index (χ0v) is 36.8. The van der Waals surface area contributed by atoms with Crippen LogP contribution in [0.5, 0.6) is 0 Å². The van der Waals surface area contributed by atoms with Gasteiger partial charge in [0.1, 0.15) is 18.2 Å². The smallest absolute Gasteiger partial charge is 0.262 e. The first-order valence-electron chi connectivity index (χ1n) is 22.1. The average Bonchev–Trinajstić information content (AvgIpc) is 3.82. The third-order valence-corrected chi connectivity index (χ3v) is 14.2. The first-order chi connectivity index (χ1) is 31.5. The number of anilines is 4. The summed E-state index contributed by atoms with van der Waals surface area (Å²) in [5.74, 6) is -2.24. The van der Waals surface area contributed by atoms with Crippen molar-refractivity contribution in [2.75, 3.05) is 60.9 Å². The van der Waals surface area contributed by atoms with E-state index in [-0.39, 0.29) is 53.2 Å². The lowest BCUT2D eigenvalue weighted by molar-refractivity contribution is -0.136. The van der Waals surface area contributed by atoms with Crippen molar-refractivity contribution in [2.24, 2.45) is 5.92 Å². The Hall–Kier alpha value is -6.17. The van der Waals surface area contributed by atoms with E-state index in [4.69, 9.17) is 23.2 Å². The van der Waals surface area contributed by atoms with Crippen LogP contribution in [0.15, 0.2) is 67.3 Å². The molecule has 65 heavy (non-hydrogen) atoms. The lowest BCUT2D eigenvalue weighted by Gasteiger charge is -2.38. The highest BCUT2D eigenvalue weighted by Crippen LogP contribution is 2.37. The zero-order chi connectivity index (χ0) is 44.9. The Balaban J connectivity index is 0.672. The van der Waals surface area contributed by atoms with Crippen molar-refractivity contribution in [3.63, 3.8) is 0 Å². The molecule has 4 fully saturated rings. The predicted molar refractivity (Wildman–Crippen MR) is 242 cm³/mol. The van der Waals surface area contributed by atoms with Gasteiger partial charge < -0.3 is 25.0 Å². The summed E-state index contributed by atoms with van der Waals surface area (Å²) in [6, 6.07) is 14.9. The second kappa shape index (κ2) is 17.7. The molecule has 3 saturated heterocycles. The zero-order valence-electron chi connectivity index (χ0n) is 35.3. The van der Waals surface area contributed by atoms with E-state index in [1.807, 2.05) is 21.6 Å². The number of carbonyl (C=O) groups excluding carboxylic acids is 5. The maximum Gasteiger partial charge on any atom is 0.262 e. The highest BCUT2D eigenvalue weighted by atomic mass is 35.5. The molecule has 3 N–H and O–H groups in total. The molecule has 2 aromatic heterocycles. The number of hydrogen-bond acceptors (Lipinski definition) is 12. The van der Waals surface area contributed by atoms with Gasteiger partial charge in [-0.2, -0.15) is 0 Å². The number of rotatable bonds is 11. The van der Waals surface area contributed by atoms with E-state index in [9.17, 15) is 24.0 Å². The molecule has 3 aromatic carbocycles. The minimum absolute atomic E-state index is 0.0214. The lowest BCUT2D eigenvalue weighted by atomic mass is 9.86. The topological polar surface area (TPSA) is 178 Å². The van der Waals surface area contributed by atoms with Gasteiger partial charge in [-0.15, -0.1) is 0 Å². The number of imidazole rings is 1. The van der Waals surface area contributed by atoms with Crippen molar-refractivity contribution in [3.8, 4) is 0 Å². The average molecular weight is 923 g/mol. The molecule has 6 heterocycles.